The standard InChI is InChI=1S/C19H21NO3S/c1-3-23-19(22)16-14-9-4-5-10-15(14)24-18(16)20-17(21)13-8-6-7-12(2)11-13/h6-8,11H,3-5,9-10H2,1-2H3,(H,20,21). The molecule has 1 aliphatic rings. The van der Waals surface area contributed by atoms with Gasteiger partial charge in [0.25, 0.3) is 5.91 Å². The van der Waals surface area contributed by atoms with Crippen molar-refractivity contribution in [3.8, 4) is 0 Å². The molecule has 3 rings (SSSR count). The first kappa shape index (κ1) is 16.7. The average molecular weight is 343 g/mol. The summed E-state index contributed by atoms with van der Waals surface area (Å²) in [6.45, 7) is 4.07. The quantitative estimate of drug-likeness (QED) is 0.839. The first-order valence-electron chi connectivity index (χ1n) is 8.29. The molecular weight excluding hydrogens is 322 g/mol. The predicted octanol–water partition coefficient (Wildman–Crippen LogP) is 4.36. The summed E-state index contributed by atoms with van der Waals surface area (Å²) in [5.41, 5.74) is 3.23. The largest absolute Gasteiger partial charge is 0.462 e. The Labute approximate surface area is 145 Å². The summed E-state index contributed by atoms with van der Waals surface area (Å²) in [5, 5.41) is 3.55. The minimum absolute atomic E-state index is 0.192. The Balaban J connectivity index is 1.93. The molecule has 0 saturated heterocycles. The molecule has 0 atom stereocenters. The first-order valence-corrected chi connectivity index (χ1v) is 9.11. The van der Waals surface area contributed by atoms with Crippen LogP contribution >= 0.6 is 11.3 Å². The normalized spacial score (nSPS) is 13.2. The summed E-state index contributed by atoms with van der Waals surface area (Å²) < 4.78 is 5.22. The number of fused-ring (bicyclic) bond motifs is 1. The fraction of sp³-hybridized carbons (Fsp3) is 0.368. The number of hydrogen-bond acceptors (Lipinski definition) is 4. The molecule has 1 N–H and O–H groups in total. The molecule has 4 nitrogen and oxygen atoms in total. The van der Waals surface area contributed by atoms with Crippen LogP contribution in [0.2, 0.25) is 0 Å². The third-order valence-corrected chi connectivity index (χ3v) is 5.37. The Bertz CT molecular complexity index is 779. The SMILES string of the molecule is CCOC(=O)c1c(NC(=O)c2cccc(C)c2)sc2c1CCCC2. The molecule has 0 spiro atoms. The molecule has 0 saturated carbocycles. The van der Waals surface area contributed by atoms with Gasteiger partial charge in [0.2, 0.25) is 0 Å². The van der Waals surface area contributed by atoms with Gasteiger partial charge < -0.3 is 10.1 Å². The number of hydrogen-bond donors (Lipinski definition) is 1. The summed E-state index contributed by atoms with van der Waals surface area (Å²) in [6, 6.07) is 7.42. The van der Waals surface area contributed by atoms with Crippen LogP contribution in [0.3, 0.4) is 0 Å². The van der Waals surface area contributed by atoms with Crippen LogP contribution in [0.25, 0.3) is 0 Å². The lowest BCUT2D eigenvalue weighted by Gasteiger charge is -2.12. The van der Waals surface area contributed by atoms with Gasteiger partial charge in [0.1, 0.15) is 5.00 Å². The third kappa shape index (κ3) is 3.36. The van der Waals surface area contributed by atoms with E-state index in [9.17, 15) is 9.59 Å². The van der Waals surface area contributed by atoms with Gasteiger partial charge in [-0.05, 0) is 57.2 Å². The Kier molecular flexibility index (Phi) is 5.00. The Morgan fingerprint density at radius 3 is 2.79 bits per heavy atom. The van der Waals surface area contributed by atoms with Crippen molar-refractivity contribution in [1.29, 1.82) is 0 Å². The second-order valence-electron chi connectivity index (χ2n) is 5.96. The highest BCUT2D eigenvalue weighted by atomic mass is 32.1. The van der Waals surface area contributed by atoms with Crippen molar-refractivity contribution in [2.75, 3.05) is 11.9 Å². The highest BCUT2D eigenvalue weighted by Crippen LogP contribution is 2.38. The molecule has 1 aromatic carbocycles. The van der Waals surface area contributed by atoms with Gasteiger partial charge in [0.15, 0.2) is 0 Å². The summed E-state index contributed by atoms with van der Waals surface area (Å²) in [7, 11) is 0. The lowest BCUT2D eigenvalue weighted by Crippen LogP contribution is -2.15. The van der Waals surface area contributed by atoms with Crippen LogP contribution in [0.1, 0.15) is 56.5 Å². The number of aryl methyl sites for hydroxylation is 2. The van der Waals surface area contributed by atoms with Crippen LogP contribution in [0.5, 0.6) is 0 Å². The zero-order chi connectivity index (χ0) is 17.1. The number of carbonyl (C=O) groups excluding carboxylic acids is 2. The molecule has 0 radical (unpaired) electrons. The van der Waals surface area contributed by atoms with Crippen molar-refractivity contribution in [3.63, 3.8) is 0 Å². The number of benzene rings is 1. The van der Waals surface area contributed by atoms with Crippen LogP contribution in [-0.2, 0) is 17.6 Å². The summed E-state index contributed by atoms with van der Waals surface area (Å²) in [5.74, 6) is -0.528. The maximum Gasteiger partial charge on any atom is 0.341 e. The van der Waals surface area contributed by atoms with Crippen molar-refractivity contribution in [1.82, 2.24) is 0 Å². The molecule has 24 heavy (non-hydrogen) atoms. The van der Waals surface area contributed by atoms with Crippen molar-refractivity contribution in [2.24, 2.45) is 0 Å². The van der Waals surface area contributed by atoms with E-state index in [-0.39, 0.29) is 11.9 Å². The molecule has 2 aromatic rings. The van der Waals surface area contributed by atoms with Crippen molar-refractivity contribution < 1.29 is 14.3 Å². The van der Waals surface area contributed by atoms with Crippen molar-refractivity contribution >= 4 is 28.2 Å². The predicted molar refractivity (Wildman–Crippen MR) is 96.0 cm³/mol. The lowest BCUT2D eigenvalue weighted by atomic mass is 9.95. The topological polar surface area (TPSA) is 55.4 Å². The van der Waals surface area contributed by atoms with Gasteiger partial charge in [-0.25, -0.2) is 4.79 Å². The number of carbonyl (C=O) groups is 2. The maximum absolute atomic E-state index is 12.6. The van der Waals surface area contributed by atoms with Crippen molar-refractivity contribution in [2.45, 2.75) is 39.5 Å². The van der Waals surface area contributed by atoms with Gasteiger partial charge in [-0.15, -0.1) is 11.3 Å². The van der Waals surface area contributed by atoms with Crippen LogP contribution in [-0.4, -0.2) is 18.5 Å². The smallest absolute Gasteiger partial charge is 0.341 e. The summed E-state index contributed by atoms with van der Waals surface area (Å²) in [4.78, 5) is 26.2. The number of rotatable bonds is 4. The number of anilines is 1. The molecule has 1 heterocycles. The molecule has 0 bridgehead atoms. The molecule has 126 valence electrons. The molecule has 0 unspecified atom stereocenters. The van der Waals surface area contributed by atoms with Crippen LogP contribution < -0.4 is 5.32 Å². The maximum atomic E-state index is 12.6. The monoisotopic (exact) mass is 343 g/mol. The Morgan fingerprint density at radius 1 is 1.25 bits per heavy atom. The fourth-order valence-corrected chi connectivity index (χ4v) is 4.31. The molecule has 1 amide bonds. The highest BCUT2D eigenvalue weighted by molar-refractivity contribution is 7.17. The number of esters is 1. The minimum Gasteiger partial charge on any atom is -0.462 e. The second-order valence-corrected chi connectivity index (χ2v) is 7.06. The molecule has 0 fully saturated rings. The first-order chi connectivity index (χ1) is 11.6. The number of thiophene rings is 1. The van der Waals surface area contributed by atoms with Crippen molar-refractivity contribution in [3.05, 3.63) is 51.4 Å². The van der Waals surface area contributed by atoms with E-state index in [1.54, 1.807) is 13.0 Å². The van der Waals surface area contributed by atoms with E-state index in [0.29, 0.717) is 22.7 Å². The molecule has 0 aliphatic heterocycles. The summed E-state index contributed by atoms with van der Waals surface area (Å²) >= 11 is 1.51. The fourth-order valence-electron chi connectivity index (χ4n) is 3.03. The Morgan fingerprint density at radius 2 is 2.04 bits per heavy atom. The van der Waals surface area contributed by atoms with Gasteiger partial charge >= 0.3 is 5.97 Å². The number of nitrogens with one attached hydrogen (secondary N) is 1. The Hall–Kier alpha value is -2.14. The minimum atomic E-state index is -0.337. The average Bonchev–Trinajstić information content (AvgIpc) is 2.93. The van der Waals surface area contributed by atoms with Crippen LogP contribution in [0.15, 0.2) is 24.3 Å². The van der Waals surface area contributed by atoms with E-state index in [2.05, 4.69) is 5.32 Å². The molecular formula is C19H21NO3S. The van der Waals surface area contributed by atoms with E-state index >= 15 is 0 Å². The second kappa shape index (κ2) is 7.18. The molecule has 5 heteroatoms. The summed E-state index contributed by atoms with van der Waals surface area (Å²) in [6.07, 6.45) is 4.04. The van der Waals surface area contributed by atoms with E-state index in [4.69, 9.17) is 4.74 Å². The molecule has 1 aromatic heterocycles. The highest BCUT2D eigenvalue weighted by Gasteiger charge is 2.27. The van der Waals surface area contributed by atoms with Crippen LogP contribution in [0, 0.1) is 6.92 Å². The number of ether oxygens (including phenoxy) is 1. The van der Waals surface area contributed by atoms with Gasteiger partial charge in [-0.2, -0.15) is 0 Å². The number of amides is 1. The lowest BCUT2D eigenvalue weighted by molar-refractivity contribution is 0.0526. The van der Waals surface area contributed by atoms with E-state index in [0.717, 1.165) is 36.8 Å². The van der Waals surface area contributed by atoms with E-state index in [1.807, 2.05) is 25.1 Å². The third-order valence-electron chi connectivity index (χ3n) is 4.16. The molecule has 1 aliphatic carbocycles. The van der Waals surface area contributed by atoms with Crippen LogP contribution in [0.4, 0.5) is 5.00 Å². The van der Waals surface area contributed by atoms with Gasteiger partial charge in [-0.3, -0.25) is 4.79 Å². The zero-order valence-corrected chi connectivity index (χ0v) is 14.8. The van der Waals surface area contributed by atoms with Gasteiger partial charge in [-0.1, -0.05) is 17.7 Å². The van der Waals surface area contributed by atoms with Gasteiger partial charge in [0, 0.05) is 10.4 Å². The zero-order valence-electron chi connectivity index (χ0n) is 14.0. The van der Waals surface area contributed by atoms with E-state index < -0.39 is 0 Å². The van der Waals surface area contributed by atoms with E-state index in [1.165, 1.54) is 16.2 Å². The van der Waals surface area contributed by atoms with Gasteiger partial charge in [0.05, 0.1) is 12.2 Å².